The monoisotopic (exact) mass is 332 g/mol. The highest BCUT2D eigenvalue weighted by Gasteiger charge is 2.15. The van der Waals surface area contributed by atoms with E-state index in [4.69, 9.17) is 0 Å². The van der Waals surface area contributed by atoms with Crippen LogP contribution in [0, 0.1) is 10.1 Å². The molecule has 0 saturated carbocycles. The summed E-state index contributed by atoms with van der Waals surface area (Å²) in [4.78, 5) is 17.5. The number of benzene rings is 2. The van der Waals surface area contributed by atoms with E-state index in [1.54, 1.807) is 18.2 Å². The molecule has 0 atom stereocenters. The third kappa shape index (κ3) is 3.20. The van der Waals surface area contributed by atoms with E-state index in [0.717, 1.165) is 0 Å². The van der Waals surface area contributed by atoms with Crippen LogP contribution in [0.1, 0.15) is 5.82 Å². The molecular formula is C14H12N4O4S. The molecule has 0 bridgehead atoms. The molecule has 0 aliphatic heterocycles. The summed E-state index contributed by atoms with van der Waals surface area (Å²) in [5, 5.41) is 10.7. The van der Waals surface area contributed by atoms with Crippen LogP contribution in [-0.2, 0) is 16.6 Å². The van der Waals surface area contributed by atoms with Gasteiger partial charge in [-0.1, -0.05) is 18.2 Å². The van der Waals surface area contributed by atoms with E-state index in [-0.39, 0.29) is 17.1 Å². The first-order valence-corrected chi connectivity index (χ1v) is 8.12. The van der Waals surface area contributed by atoms with Crippen molar-refractivity contribution in [2.24, 2.45) is 0 Å². The van der Waals surface area contributed by atoms with E-state index in [1.807, 2.05) is 0 Å². The average Bonchev–Trinajstić information content (AvgIpc) is 2.96. The van der Waals surface area contributed by atoms with Gasteiger partial charge in [0.1, 0.15) is 5.82 Å². The van der Waals surface area contributed by atoms with Gasteiger partial charge in [0.2, 0.25) is 10.0 Å². The quantitative estimate of drug-likeness (QED) is 0.547. The molecule has 0 radical (unpaired) electrons. The number of rotatable bonds is 5. The number of sulfonamides is 1. The number of aromatic nitrogens is 2. The van der Waals surface area contributed by atoms with Crippen molar-refractivity contribution in [3.05, 3.63) is 64.5 Å². The zero-order chi connectivity index (χ0) is 16.4. The first-order valence-electron chi connectivity index (χ1n) is 6.63. The van der Waals surface area contributed by atoms with Crippen molar-refractivity contribution in [1.29, 1.82) is 0 Å². The maximum atomic E-state index is 12.1. The van der Waals surface area contributed by atoms with Crippen LogP contribution in [0.2, 0.25) is 0 Å². The molecule has 0 spiro atoms. The van der Waals surface area contributed by atoms with Crippen LogP contribution in [0.4, 0.5) is 5.69 Å². The van der Waals surface area contributed by atoms with Crippen molar-refractivity contribution in [1.82, 2.24) is 14.7 Å². The number of hydrogen-bond donors (Lipinski definition) is 2. The highest BCUT2D eigenvalue weighted by Crippen LogP contribution is 2.19. The summed E-state index contributed by atoms with van der Waals surface area (Å²) in [7, 11) is -3.64. The molecule has 0 unspecified atom stereocenters. The predicted molar refractivity (Wildman–Crippen MR) is 83.2 cm³/mol. The van der Waals surface area contributed by atoms with E-state index in [9.17, 15) is 18.5 Å². The molecule has 9 heteroatoms. The smallest absolute Gasteiger partial charge is 0.271 e. The zero-order valence-electron chi connectivity index (χ0n) is 11.8. The van der Waals surface area contributed by atoms with Gasteiger partial charge in [-0.15, -0.1) is 0 Å². The van der Waals surface area contributed by atoms with Crippen molar-refractivity contribution in [3.8, 4) is 0 Å². The van der Waals surface area contributed by atoms with Crippen molar-refractivity contribution in [2.45, 2.75) is 11.4 Å². The lowest BCUT2D eigenvalue weighted by Gasteiger charge is -2.04. The number of H-pyrrole nitrogens is 1. The molecule has 3 rings (SSSR count). The Kier molecular flexibility index (Phi) is 3.80. The molecule has 1 heterocycles. The van der Waals surface area contributed by atoms with E-state index in [1.165, 1.54) is 30.3 Å². The largest absolute Gasteiger partial charge is 0.341 e. The molecule has 2 N–H and O–H groups in total. The van der Waals surface area contributed by atoms with E-state index in [0.29, 0.717) is 16.9 Å². The topological polar surface area (TPSA) is 118 Å². The van der Waals surface area contributed by atoms with Gasteiger partial charge in [0.05, 0.1) is 27.4 Å². The summed E-state index contributed by atoms with van der Waals surface area (Å²) in [6, 6.07) is 12.2. The van der Waals surface area contributed by atoms with Gasteiger partial charge < -0.3 is 4.98 Å². The molecule has 0 fully saturated rings. The maximum Gasteiger partial charge on any atom is 0.271 e. The van der Waals surface area contributed by atoms with Crippen molar-refractivity contribution >= 4 is 26.7 Å². The lowest BCUT2D eigenvalue weighted by atomic mass is 10.3. The standard InChI is InChI=1S/C14H12N4O4S/c19-18(20)10-6-7-12-13(8-10)17-14(16-12)9-15-23(21,22)11-4-2-1-3-5-11/h1-8,15H,9H2,(H,16,17). The lowest BCUT2D eigenvalue weighted by molar-refractivity contribution is -0.384. The maximum absolute atomic E-state index is 12.1. The number of nitro benzene ring substituents is 1. The number of non-ortho nitro benzene ring substituents is 1. The molecule has 1 aromatic heterocycles. The number of nitrogens with zero attached hydrogens (tertiary/aromatic N) is 2. The molecular weight excluding hydrogens is 320 g/mol. The third-order valence-corrected chi connectivity index (χ3v) is 4.63. The van der Waals surface area contributed by atoms with Gasteiger partial charge in [0.15, 0.2) is 0 Å². The fourth-order valence-electron chi connectivity index (χ4n) is 2.09. The van der Waals surface area contributed by atoms with Crippen LogP contribution in [0.3, 0.4) is 0 Å². The Morgan fingerprint density at radius 2 is 1.91 bits per heavy atom. The number of hydrogen-bond acceptors (Lipinski definition) is 5. The summed E-state index contributed by atoms with van der Waals surface area (Å²) < 4.78 is 26.7. The van der Waals surface area contributed by atoms with Gasteiger partial charge in [0, 0.05) is 12.1 Å². The minimum absolute atomic E-state index is 0.0420. The van der Waals surface area contributed by atoms with Crippen LogP contribution >= 0.6 is 0 Å². The Hall–Kier alpha value is -2.78. The Morgan fingerprint density at radius 1 is 1.17 bits per heavy atom. The second kappa shape index (κ2) is 5.78. The van der Waals surface area contributed by atoms with E-state index < -0.39 is 14.9 Å². The number of nitro groups is 1. The third-order valence-electron chi connectivity index (χ3n) is 3.21. The van der Waals surface area contributed by atoms with Crippen molar-refractivity contribution < 1.29 is 13.3 Å². The Morgan fingerprint density at radius 3 is 2.61 bits per heavy atom. The summed E-state index contributed by atoms with van der Waals surface area (Å²) in [5.41, 5.74) is 0.954. The number of nitrogens with one attached hydrogen (secondary N) is 2. The highest BCUT2D eigenvalue weighted by atomic mass is 32.2. The van der Waals surface area contributed by atoms with Crippen LogP contribution in [0.15, 0.2) is 53.4 Å². The summed E-state index contributed by atoms with van der Waals surface area (Å²) in [6.07, 6.45) is 0. The summed E-state index contributed by atoms with van der Waals surface area (Å²) in [6.45, 7) is -0.0420. The molecule has 0 saturated heterocycles. The lowest BCUT2D eigenvalue weighted by Crippen LogP contribution is -2.23. The molecule has 2 aromatic carbocycles. The van der Waals surface area contributed by atoms with Crippen LogP contribution in [-0.4, -0.2) is 23.3 Å². The number of fused-ring (bicyclic) bond motifs is 1. The van der Waals surface area contributed by atoms with Crippen LogP contribution < -0.4 is 4.72 Å². The fourth-order valence-corrected chi connectivity index (χ4v) is 3.10. The Balaban J connectivity index is 1.81. The second-order valence-corrected chi connectivity index (χ2v) is 6.55. The number of aromatic amines is 1. The van der Waals surface area contributed by atoms with Gasteiger partial charge in [-0.2, -0.15) is 0 Å². The van der Waals surface area contributed by atoms with Crippen molar-refractivity contribution in [3.63, 3.8) is 0 Å². The van der Waals surface area contributed by atoms with Gasteiger partial charge >= 0.3 is 0 Å². The molecule has 0 aliphatic carbocycles. The van der Waals surface area contributed by atoms with Gasteiger partial charge in [0.25, 0.3) is 5.69 Å². The van der Waals surface area contributed by atoms with Gasteiger partial charge in [-0.25, -0.2) is 18.1 Å². The summed E-state index contributed by atoms with van der Waals surface area (Å²) >= 11 is 0. The van der Waals surface area contributed by atoms with Gasteiger partial charge in [-0.3, -0.25) is 10.1 Å². The van der Waals surface area contributed by atoms with Gasteiger partial charge in [-0.05, 0) is 18.2 Å². The normalized spacial score (nSPS) is 11.7. The molecule has 0 aliphatic rings. The van der Waals surface area contributed by atoms with E-state index >= 15 is 0 Å². The summed E-state index contributed by atoms with van der Waals surface area (Å²) in [5.74, 6) is 0.375. The molecule has 23 heavy (non-hydrogen) atoms. The Labute approximate surface area is 131 Å². The van der Waals surface area contributed by atoms with Crippen molar-refractivity contribution in [2.75, 3.05) is 0 Å². The second-order valence-electron chi connectivity index (χ2n) is 4.78. The van der Waals surface area contributed by atoms with Crippen LogP contribution in [0.5, 0.6) is 0 Å². The zero-order valence-corrected chi connectivity index (χ0v) is 12.6. The minimum Gasteiger partial charge on any atom is -0.341 e. The molecule has 3 aromatic rings. The molecule has 8 nitrogen and oxygen atoms in total. The highest BCUT2D eigenvalue weighted by molar-refractivity contribution is 7.89. The van der Waals surface area contributed by atoms with Crippen LogP contribution in [0.25, 0.3) is 11.0 Å². The minimum atomic E-state index is -3.64. The molecule has 0 amide bonds. The number of imidazole rings is 1. The average molecular weight is 332 g/mol. The SMILES string of the molecule is O=[N+]([O-])c1ccc2nc(CNS(=O)(=O)c3ccccc3)[nH]c2c1. The van der Waals surface area contributed by atoms with E-state index in [2.05, 4.69) is 14.7 Å². The first-order chi connectivity index (χ1) is 11.0. The Bertz CT molecular complexity index is 967. The fraction of sp³-hybridized carbons (Fsp3) is 0.0714. The molecule has 118 valence electrons. The predicted octanol–water partition coefficient (Wildman–Crippen LogP) is 1.95. The first kappa shape index (κ1) is 15.1.